The lowest BCUT2D eigenvalue weighted by molar-refractivity contribution is -0.926. The van der Waals surface area contributed by atoms with Crippen LogP contribution in [0.1, 0.15) is 184 Å². The SMILES string of the molecule is CCCCC(CC)CSC1CNC2C3NC(NC4C5NCC(SCC(CC)CCCC)CC5C(NC5NC(NC6[NH2+]C(N3)C3CC(SCC(CC)CCCC)CNC63)C3CC(SCC(CC)CCCC)CNC53)[NH+]4C)C2C1.[I-]. The van der Waals surface area contributed by atoms with E-state index in [-0.39, 0.29) is 48.6 Å². The second-order valence-corrected chi connectivity index (χ2v) is 32.0. The highest BCUT2D eigenvalue weighted by Gasteiger charge is 2.60. The topological polar surface area (TPSA) is 141 Å². The van der Waals surface area contributed by atoms with Gasteiger partial charge in [-0.1, -0.05) is 132 Å². The maximum Gasteiger partial charge on any atom is 0.159 e. The Hall–Kier alpha value is 1.65. The molecule has 25 unspecified atom stereocenters. The van der Waals surface area contributed by atoms with Crippen LogP contribution in [-0.2, 0) is 0 Å². The molecule has 9 fully saturated rings. The number of hydrogen-bond acceptors (Lipinski definition) is 14. The van der Waals surface area contributed by atoms with Gasteiger partial charge in [-0.25, -0.2) is 0 Å². The highest BCUT2D eigenvalue weighted by atomic mass is 127. The summed E-state index contributed by atoms with van der Waals surface area (Å²) < 4.78 is 0. The number of likely N-dealkylation sites (N-methyl/N-ethyl adjacent to an activating group) is 1. The molecule has 12 nitrogen and oxygen atoms in total. The van der Waals surface area contributed by atoms with Gasteiger partial charge in [-0.3, -0.25) is 31.9 Å². The first-order chi connectivity index (χ1) is 37.7. The molecule has 25 atom stereocenters. The van der Waals surface area contributed by atoms with E-state index in [9.17, 15) is 0 Å². The Balaban J connectivity index is 0.00000803. The summed E-state index contributed by atoms with van der Waals surface area (Å²) in [6.45, 7) is 23.7. The Morgan fingerprint density at radius 3 is 1.19 bits per heavy atom. The highest BCUT2D eigenvalue weighted by molar-refractivity contribution is 8.00. The minimum Gasteiger partial charge on any atom is -1.00 e. The van der Waals surface area contributed by atoms with Crippen LogP contribution in [0.25, 0.3) is 0 Å². The molecule has 454 valence electrons. The number of thioether (sulfide) groups is 4. The summed E-state index contributed by atoms with van der Waals surface area (Å²) in [5.74, 6) is 10.7. The van der Waals surface area contributed by atoms with Gasteiger partial charge in [0.25, 0.3) is 0 Å². The summed E-state index contributed by atoms with van der Waals surface area (Å²) in [5, 5.41) is 49.7. The Kier molecular flexibility index (Phi) is 27.9. The van der Waals surface area contributed by atoms with Gasteiger partial charge in [-0.05, 0) is 98.0 Å². The number of halogens is 1. The third-order valence-electron chi connectivity index (χ3n) is 21.5. The second kappa shape index (κ2) is 33.1. The molecule has 9 aliphatic heterocycles. The fraction of sp³-hybridized carbons (Fsp3) is 1.00. The molecule has 13 N–H and O–H groups in total. The van der Waals surface area contributed by atoms with Crippen LogP contribution in [0.3, 0.4) is 0 Å². The van der Waals surface area contributed by atoms with Crippen molar-refractivity contribution in [1.82, 2.24) is 53.2 Å². The lowest BCUT2D eigenvalue weighted by atomic mass is 9.87. The summed E-state index contributed by atoms with van der Waals surface area (Å²) in [6, 6.07) is 1.64. The number of rotatable bonds is 28. The molecule has 17 heteroatoms. The van der Waals surface area contributed by atoms with E-state index in [2.05, 4.69) is 168 Å². The van der Waals surface area contributed by atoms with Crippen molar-refractivity contribution in [1.29, 1.82) is 0 Å². The molecule has 9 saturated heterocycles. The molecule has 0 aromatic heterocycles. The van der Waals surface area contributed by atoms with Crippen molar-refractivity contribution < 1.29 is 34.2 Å². The van der Waals surface area contributed by atoms with Crippen LogP contribution in [0.4, 0.5) is 0 Å². The van der Waals surface area contributed by atoms with Crippen LogP contribution >= 0.6 is 47.0 Å². The largest absolute Gasteiger partial charge is 1.00 e. The van der Waals surface area contributed by atoms with Gasteiger partial charge in [0.2, 0.25) is 0 Å². The average molecular weight is 1280 g/mol. The molecule has 0 spiro atoms. The van der Waals surface area contributed by atoms with E-state index in [1.54, 1.807) is 4.90 Å². The Labute approximate surface area is 512 Å². The zero-order valence-electron chi connectivity index (χ0n) is 50.7. The van der Waals surface area contributed by atoms with Crippen molar-refractivity contribution in [3.05, 3.63) is 0 Å². The predicted molar refractivity (Wildman–Crippen MR) is 336 cm³/mol. The number of nitrogens with two attached hydrogens (primary N) is 1. The van der Waals surface area contributed by atoms with E-state index in [1.165, 1.54) is 151 Å². The van der Waals surface area contributed by atoms with Crippen molar-refractivity contribution in [2.75, 3.05) is 56.2 Å². The molecule has 0 amide bonds. The summed E-state index contributed by atoms with van der Waals surface area (Å²) in [4.78, 5) is 1.63. The lowest BCUT2D eigenvalue weighted by Crippen LogP contribution is -3.19. The smallest absolute Gasteiger partial charge is 0.159 e. The number of hydrogen-bond donors (Lipinski definition) is 12. The quantitative estimate of drug-likeness (QED) is 0.0521. The molecule has 9 rings (SSSR count). The Morgan fingerprint density at radius 2 is 0.756 bits per heavy atom. The third kappa shape index (κ3) is 16.6. The molecule has 8 bridgehead atoms. The van der Waals surface area contributed by atoms with E-state index >= 15 is 0 Å². The van der Waals surface area contributed by atoms with Gasteiger partial charge >= 0.3 is 0 Å². The first kappa shape index (κ1) is 65.6. The summed E-state index contributed by atoms with van der Waals surface area (Å²) in [6.07, 6.45) is 28.9. The molecule has 9 heterocycles. The molecule has 78 heavy (non-hydrogen) atoms. The van der Waals surface area contributed by atoms with Crippen LogP contribution in [0.15, 0.2) is 0 Å². The molecular weight excluding hydrogens is 1160 g/mol. The second-order valence-electron chi connectivity index (χ2n) is 26.7. The first-order valence-electron chi connectivity index (χ1n) is 33.3. The van der Waals surface area contributed by atoms with Crippen molar-refractivity contribution >= 4 is 47.0 Å². The van der Waals surface area contributed by atoms with E-state index < -0.39 is 0 Å². The average Bonchev–Trinajstić information content (AvgIpc) is 4.27. The molecule has 0 aromatic rings. The zero-order chi connectivity index (χ0) is 53.8. The van der Waals surface area contributed by atoms with E-state index in [4.69, 9.17) is 0 Å². The molecule has 0 saturated carbocycles. The Morgan fingerprint density at radius 1 is 0.397 bits per heavy atom. The first-order valence-corrected chi connectivity index (χ1v) is 37.5. The van der Waals surface area contributed by atoms with E-state index in [0.29, 0.717) is 93.5 Å². The highest BCUT2D eigenvalue weighted by Crippen LogP contribution is 2.40. The minimum atomic E-state index is 0. The molecule has 0 aromatic carbocycles. The predicted octanol–water partition coefficient (Wildman–Crippen LogP) is 3.47. The standard InChI is InChI=1S/C61H118N12S4.HI/c1-10-18-22-38(14-5)34-74-42-26-46-50(62-30-42)57-66-54(46)67-58-51-48(28-44(31-63-51)76-36-40(16-7)24-20-12-3)56(70-58)71-61-53-49(29-45(33-65-53)77-37-41(17-8)25-21-13-4)60(73(61)9)72-59-52-47(55(68-57)69-59)27-43(32-64-52)75-35-39(15-6)23-19-11-2;/h38-72H,10-37H2,1-9H3;1H/p+1. The monoisotopic (exact) mass is 1280 g/mol. The maximum absolute atomic E-state index is 4.56. The normalized spacial score (nSPS) is 41.7. The zero-order valence-corrected chi connectivity index (χ0v) is 56.2. The van der Waals surface area contributed by atoms with Crippen LogP contribution in [0, 0.1) is 47.3 Å². The van der Waals surface area contributed by atoms with Gasteiger partial charge in [-0.2, -0.15) is 47.0 Å². The van der Waals surface area contributed by atoms with E-state index in [1.807, 2.05) is 0 Å². The number of quaternary nitrogens is 2. The summed E-state index contributed by atoms with van der Waals surface area (Å²) in [5.41, 5.74) is 0. The summed E-state index contributed by atoms with van der Waals surface area (Å²) in [7, 11) is 2.55. The van der Waals surface area contributed by atoms with Crippen LogP contribution < -0.4 is 87.4 Å². The lowest BCUT2D eigenvalue weighted by Gasteiger charge is -2.39. The molecule has 9 aliphatic rings. The van der Waals surface area contributed by atoms with Crippen molar-refractivity contribution in [2.45, 2.75) is 278 Å². The number of fused-ring (bicyclic) bond motifs is 20. The van der Waals surface area contributed by atoms with Crippen LogP contribution in [0.5, 0.6) is 0 Å². The number of piperidine rings is 4. The van der Waals surface area contributed by atoms with Crippen LogP contribution in [0.2, 0.25) is 0 Å². The Bertz CT molecular complexity index is 1700. The van der Waals surface area contributed by atoms with Gasteiger partial charge < -0.3 is 55.5 Å². The van der Waals surface area contributed by atoms with Gasteiger partial charge in [-0.15, -0.1) is 0 Å². The maximum atomic E-state index is 4.56. The van der Waals surface area contributed by atoms with Crippen molar-refractivity contribution in [3.8, 4) is 0 Å². The molecule has 0 aliphatic carbocycles. The number of unbranched alkanes of at least 4 members (excludes halogenated alkanes) is 4. The molecule has 0 radical (unpaired) electrons. The van der Waals surface area contributed by atoms with Crippen molar-refractivity contribution in [3.63, 3.8) is 0 Å². The van der Waals surface area contributed by atoms with Gasteiger partial charge in [0.05, 0.1) is 43.8 Å². The fourth-order valence-corrected chi connectivity index (χ4v) is 22.4. The minimum absolute atomic E-state index is 0. The number of nitrogens with one attached hydrogen (secondary N) is 11. The van der Waals surface area contributed by atoms with Crippen molar-refractivity contribution in [2.24, 2.45) is 47.3 Å². The van der Waals surface area contributed by atoms with Gasteiger partial charge in [0.15, 0.2) is 12.3 Å². The third-order valence-corrected chi connectivity index (χ3v) is 27.5. The van der Waals surface area contributed by atoms with Crippen LogP contribution in [-0.4, -0.2) is 151 Å². The van der Waals surface area contributed by atoms with E-state index in [0.717, 1.165) is 49.9 Å². The summed E-state index contributed by atoms with van der Waals surface area (Å²) >= 11 is 9.21. The van der Waals surface area contributed by atoms with Gasteiger partial charge in [0.1, 0.15) is 12.3 Å². The fourth-order valence-electron chi connectivity index (χ4n) is 16.3. The molecular formula is C61H120IN12S4+. The van der Waals surface area contributed by atoms with Gasteiger partial charge in [0, 0.05) is 82.9 Å².